The Morgan fingerprint density at radius 1 is 1.44 bits per heavy atom. The molecule has 1 rings (SSSR count). The Morgan fingerprint density at radius 3 is 2.75 bits per heavy atom. The second-order valence-electron chi connectivity index (χ2n) is 3.63. The zero-order chi connectivity index (χ0) is 12.0. The fourth-order valence-corrected chi connectivity index (χ4v) is 2.02. The van der Waals surface area contributed by atoms with Crippen LogP contribution in [0.5, 0.6) is 0 Å². The van der Waals surface area contributed by atoms with Crippen molar-refractivity contribution >= 4 is 23.5 Å². The zero-order valence-electron chi connectivity index (χ0n) is 9.96. The van der Waals surface area contributed by atoms with E-state index in [4.69, 9.17) is 0 Å². The number of benzene rings is 1. The van der Waals surface area contributed by atoms with Crippen LogP contribution in [0.25, 0.3) is 0 Å². The van der Waals surface area contributed by atoms with E-state index in [0.29, 0.717) is 0 Å². The molecule has 1 aromatic rings. The van der Waals surface area contributed by atoms with Gasteiger partial charge in [-0.15, -0.1) is 0 Å². The Morgan fingerprint density at radius 2 is 2.19 bits per heavy atom. The third kappa shape index (κ3) is 4.24. The van der Waals surface area contributed by atoms with Gasteiger partial charge in [0, 0.05) is 18.4 Å². The first kappa shape index (κ1) is 13.1. The lowest BCUT2D eigenvalue weighted by Crippen LogP contribution is -2.07. The summed E-state index contributed by atoms with van der Waals surface area (Å²) in [7, 11) is 1.93. The Balaban J connectivity index is 2.63. The van der Waals surface area contributed by atoms with Gasteiger partial charge >= 0.3 is 0 Å². The molecule has 2 N–H and O–H groups in total. The van der Waals surface area contributed by atoms with E-state index < -0.39 is 0 Å². The van der Waals surface area contributed by atoms with E-state index in [2.05, 4.69) is 22.2 Å². The molecule has 0 heterocycles. The SMILES string of the molecule is CNSCCc1ccc(NC(C)=O)c(C)c1. The Bertz CT molecular complexity index is 366. The van der Waals surface area contributed by atoms with Gasteiger partial charge in [-0.3, -0.25) is 9.52 Å². The molecule has 4 heteroatoms. The van der Waals surface area contributed by atoms with Crippen LogP contribution >= 0.6 is 11.9 Å². The second kappa shape index (κ2) is 6.55. The molecule has 3 nitrogen and oxygen atoms in total. The molecule has 0 unspecified atom stereocenters. The number of hydrogen-bond acceptors (Lipinski definition) is 3. The molecule has 0 atom stereocenters. The molecule has 0 aromatic heterocycles. The molecule has 0 spiro atoms. The van der Waals surface area contributed by atoms with E-state index in [1.54, 1.807) is 11.9 Å². The molecule has 0 aliphatic heterocycles. The van der Waals surface area contributed by atoms with E-state index >= 15 is 0 Å². The molecule has 0 radical (unpaired) electrons. The molecule has 16 heavy (non-hydrogen) atoms. The highest BCUT2D eigenvalue weighted by atomic mass is 32.2. The lowest BCUT2D eigenvalue weighted by atomic mass is 10.1. The predicted octanol–water partition coefficient (Wildman–Crippen LogP) is 2.36. The second-order valence-corrected chi connectivity index (χ2v) is 4.74. The van der Waals surface area contributed by atoms with E-state index in [9.17, 15) is 4.79 Å². The van der Waals surface area contributed by atoms with Crippen LogP contribution in [0.3, 0.4) is 0 Å². The average molecular weight is 238 g/mol. The molecule has 0 fully saturated rings. The first-order chi connectivity index (χ1) is 7.63. The highest BCUT2D eigenvalue weighted by Crippen LogP contribution is 2.17. The van der Waals surface area contributed by atoms with E-state index in [1.807, 2.05) is 20.0 Å². The minimum absolute atomic E-state index is 0.0263. The number of hydrogen-bond donors (Lipinski definition) is 2. The van der Waals surface area contributed by atoms with Gasteiger partial charge in [-0.25, -0.2) is 0 Å². The fraction of sp³-hybridized carbons (Fsp3) is 0.417. The van der Waals surface area contributed by atoms with Crippen molar-refractivity contribution in [3.63, 3.8) is 0 Å². The van der Waals surface area contributed by atoms with Gasteiger partial charge in [-0.05, 0) is 37.6 Å². The molecule has 1 amide bonds. The number of aryl methyl sites for hydroxylation is 2. The van der Waals surface area contributed by atoms with Crippen LogP contribution in [-0.4, -0.2) is 18.7 Å². The van der Waals surface area contributed by atoms with Crippen LogP contribution in [-0.2, 0) is 11.2 Å². The Kier molecular flexibility index (Phi) is 5.35. The number of carbonyl (C=O) groups is 1. The molecular weight excluding hydrogens is 220 g/mol. The number of carbonyl (C=O) groups excluding carboxylic acids is 1. The van der Waals surface area contributed by atoms with Gasteiger partial charge in [-0.1, -0.05) is 24.1 Å². The summed E-state index contributed by atoms with van der Waals surface area (Å²) >= 11 is 1.70. The molecule has 0 saturated carbocycles. The number of rotatable bonds is 5. The van der Waals surface area contributed by atoms with Gasteiger partial charge in [0.1, 0.15) is 0 Å². The predicted molar refractivity (Wildman–Crippen MR) is 70.7 cm³/mol. The lowest BCUT2D eigenvalue weighted by molar-refractivity contribution is -0.114. The average Bonchev–Trinajstić information content (AvgIpc) is 2.22. The Hall–Kier alpha value is -1.00. The summed E-state index contributed by atoms with van der Waals surface area (Å²) in [5.41, 5.74) is 3.31. The molecule has 0 saturated heterocycles. The topological polar surface area (TPSA) is 41.1 Å². The van der Waals surface area contributed by atoms with Crippen molar-refractivity contribution < 1.29 is 4.79 Å². The fourth-order valence-electron chi connectivity index (χ4n) is 1.48. The minimum atomic E-state index is -0.0263. The first-order valence-corrected chi connectivity index (χ1v) is 6.27. The summed E-state index contributed by atoms with van der Waals surface area (Å²) in [6.07, 6.45) is 1.03. The number of nitrogens with one attached hydrogen (secondary N) is 2. The van der Waals surface area contributed by atoms with Crippen molar-refractivity contribution in [1.29, 1.82) is 0 Å². The van der Waals surface area contributed by atoms with Crippen molar-refractivity contribution in [2.45, 2.75) is 20.3 Å². The molecule has 88 valence electrons. The van der Waals surface area contributed by atoms with Crippen molar-refractivity contribution in [3.8, 4) is 0 Å². The minimum Gasteiger partial charge on any atom is -0.326 e. The molecule has 0 bridgehead atoms. The molecule has 0 aliphatic rings. The quantitative estimate of drug-likeness (QED) is 0.611. The van der Waals surface area contributed by atoms with Crippen molar-refractivity contribution in [2.75, 3.05) is 18.1 Å². The maximum Gasteiger partial charge on any atom is 0.221 e. The zero-order valence-corrected chi connectivity index (χ0v) is 10.8. The van der Waals surface area contributed by atoms with Crippen LogP contribution in [0.2, 0.25) is 0 Å². The molecule has 0 aliphatic carbocycles. The smallest absolute Gasteiger partial charge is 0.221 e. The van der Waals surface area contributed by atoms with Crippen molar-refractivity contribution in [1.82, 2.24) is 4.72 Å². The standard InChI is InChI=1S/C12H18N2OS/c1-9-8-11(6-7-16-13-3)4-5-12(9)14-10(2)15/h4-5,8,13H,6-7H2,1-3H3,(H,14,15). The van der Waals surface area contributed by atoms with Gasteiger partial charge < -0.3 is 5.32 Å². The van der Waals surface area contributed by atoms with E-state index in [-0.39, 0.29) is 5.91 Å². The first-order valence-electron chi connectivity index (χ1n) is 5.29. The third-order valence-corrected chi connectivity index (χ3v) is 2.94. The van der Waals surface area contributed by atoms with Crippen LogP contribution < -0.4 is 10.0 Å². The highest BCUT2D eigenvalue weighted by molar-refractivity contribution is 7.97. The van der Waals surface area contributed by atoms with Crippen LogP contribution in [0.15, 0.2) is 18.2 Å². The largest absolute Gasteiger partial charge is 0.326 e. The van der Waals surface area contributed by atoms with Crippen LogP contribution in [0.1, 0.15) is 18.1 Å². The van der Waals surface area contributed by atoms with E-state index in [1.165, 1.54) is 12.5 Å². The monoisotopic (exact) mass is 238 g/mol. The van der Waals surface area contributed by atoms with Gasteiger partial charge in [0.15, 0.2) is 0 Å². The van der Waals surface area contributed by atoms with Gasteiger partial charge in [0.05, 0.1) is 0 Å². The maximum absolute atomic E-state index is 10.9. The van der Waals surface area contributed by atoms with Crippen LogP contribution in [0.4, 0.5) is 5.69 Å². The maximum atomic E-state index is 10.9. The third-order valence-electron chi connectivity index (χ3n) is 2.24. The normalized spacial score (nSPS) is 10.2. The van der Waals surface area contributed by atoms with Gasteiger partial charge in [0.25, 0.3) is 0 Å². The number of amides is 1. The number of anilines is 1. The Labute approximate surface area is 101 Å². The summed E-state index contributed by atoms with van der Waals surface area (Å²) < 4.78 is 3.05. The summed E-state index contributed by atoms with van der Waals surface area (Å²) in [5.74, 6) is 1.02. The highest BCUT2D eigenvalue weighted by Gasteiger charge is 2.01. The molecule has 1 aromatic carbocycles. The summed E-state index contributed by atoms with van der Waals surface area (Å²) in [6, 6.07) is 6.16. The van der Waals surface area contributed by atoms with Crippen molar-refractivity contribution in [3.05, 3.63) is 29.3 Å². The van der Waals surface area contributed by atoms with E-state index in [0.717, 1.165) is 23.4 Å². The summed E-state index contributed by atoms with van der Waals surface area (Å²) in [5, 5.41) is 2.81. The molecular formula is C12H18N2OS. The van der Waals surface area contributed by atoms with Gasteiger partial charge in [0.2, 0.25) is 5.91 Å². The van der Waals surface area contributed by atoms with Crippen LogP contribution in [0, 0.1) is 6.92 Å². The summed E-state index contributed by atoms with van der Waals surface area (Å²) in [6.45, 7) is 3.54. The summed E-state index contributed by atoms with van der Waals surface area (Å²) in [4.78, 5) is 10.9. The van der Waals surface area contributed by atoms with Crippen molar-refractivity contribution in [2.24, 2.45) is 0 Å². The lowest BCUT2D eigenvalue weighted by Gasteiger charge is -2.08. The van der Waals surface area contributed by atoms with Gasteiger partial charge in [-0.2, -0.15) is 0 Å².